The third-order valence-electron chi connectivity index (χ3n) is 1.15. The fourth-order valence-electron chi connectivity index (χ4n) is 0.556. The van der Waals surface area contributed by atoms with Gasteiger partial charge in [0.25, 0.3) is 0 Å². The summed E-state index contributed by atoms with van der Waals surface area (Å²) in [6.45, 7) is 7.72. The highest BCUT2D eigenvalue weighted by atomic mass is 14.8. The summed E-state index contributed by atoms with van der Waals surface area (Å²) < 4.78 is 0. The van der Waals surface area contributed by atoms with Crippen LogP contribution in [0.25, 0.3) is 0 Å². The van der Waals surface area contributed by atoms with E-state index in [0.717, 1.165) is 11.3 Å². The predicted molar refractivity (Wildman–Crippen MR) is 46.8 cm³/mol. The first-order valence-electron chi connectivity index (χ1n) is 3.38. The third-order valence-corrected chi connectivity index (χ3v) is 1.15. The number of allylic oxidation sites excluding steroid dienone is 4. The molecule has 56 valence electrons. The Hall–Kier alpha value is -0.980. The summed E-state index contributed by atoms with van der Waals surface area (Å²) in [7, 11) is 1.90. The molecule has 1 nitrogen and oxygen atoms in total. The average Bonchev–Trinajstić information content (AvgIpc) is 1.90. The van der Waals surface area contributed by atoms with Crippen molar-refractivity contribution >= 4 is 0 Å². The van der Waals surface area contributed by atoms with Gasteiger partial charge in [-0.3, -0.25) is 0 Å². The summed E-state index contributed by atoms with van der Waals surface area (Å²) in [6.07, 6.45) is 5.99. The normalized spacial score (nSPS) is 12.1. The second-order valence-corrected chi connectivity index (χ2v) is 2.17. The monoisotopic (exact) mass is 137 g/mol. The third kappa shape index (κ3) is 3.96. The minimum absolute atomic E-state index is 1.06. The lowest BCUT2D eigenvalue weighted by molar-refractivity contribution is 1.03. The highest BCUT2D eigenvalue weighted by molar-refractivity contribution is 5.23. The van der Waals surface area contributed by atoms with Crippen molar-refractivity contribution in [3.63, 3.8) is 0 Å². The highest BCUT2D eigenvalue weighted by Gasteiger charge is 1.80. The molecule has 0 atom stereocenters. The van der Waals surface area contributed by atoms with Crippen LogP contribution in [0.2, 0.25) is 0 Å². The van der Waals surface area contributed by atoms with Crippen molar-refractivity contribution in [2.24, 2.45) is 0 Å². The zero-order chi connectivity index (χ0) is 7.98. The average molecular weight is 137 g/mol. The molecule has 0 saturated heterocycles. The molecule has 0 aromatic carbocycles. The van der Waals surface area contributed by atoms with Crippen LogP contribution in [-0.4, -0.2) is 7.05 Å². The Balaban J connectivity index is 3.98. The predicted octanol–water partition coefficient (Wildman–Crippen LogP) is 2.24. The molecule has 0 aliphatic rings. The Morgan fingerprint density at radius 2 is 2.00 bits per heavy atom. The molecule has 0 saturated carbocycles. The van der Waals surface area contributed by atoms with E-state index in [9.17, 15) is 0 Å². The molecule has 0 aliphatic heterocycles. The van der Waals surface area contributed by atoms with E-state index in [1.165, 1.54) is 0 Å². The molecule has 1 N–H and O–H groups in total. The van der Waals surface area contributed by atoms with E-state index in [1.54, 1.807) is 0 Å². The standard InChI is InChI=1S/C9H15N/c1-5-9(10-4)7-6-8(2)3/h5-7,10H,2H2,1,3-4H3/b7-6-,9-5?. The van der Waals surface area contributed by atoms with Gasteiger partial charge in [0.05, 0.1) is 0 Å². The quantitative estimate of drug-likeness (QED) is 0.588. The van der Waals surface area contributed by atoms with Crippen LogP contribution in [0, 0.1) is 0 Å². The smallest absolute Gasteiger partial charge is 0.0294 e. The van der Waals surface area contributed by atoms with Crippen LogP contribution >= 0.6 is 0 Å². The van der Waals surface area contributed by atoms with Gasteiger partial charge in [-0.05, 0) is 19.9 Å². The van der Waals surface area contributed by atoms with E-state index in [1.807, 2.05) is 39.1 Å². The zero-order valence-corrected chi connectivity index (χ0v) is 6.94. The number of rotatable bonds is 3. The highest BCUT2D eigenvalue weighted by Crippen LogP contribution is 1.94. The van der Waals surface area contributed by atoms with Gasteiger partial charge in [0.1, 0.15) is 0 Å². The summed E-state index contributed by atoms with van der Waals surface area (Å²) in [4.78, 5) is 0. The summed E-state index contributed by atoms with van der Waals surface area (Å²) in [5, 5.41) is 3.04. The lowest BCUT2D eigenvalue weighted by atomic mass is 10.3. The van der Waals surface area contributed by atoms with Crippen LogP contribution in [0.15, 0.2) is 36.1 Å². The van der Waals surface area contributed by atoms with Crippen molar-refractivity contribution in [3.8, 4) is 0 Å². The number of nitrogens with one attached hydrogen (secondary N) is 1. The summed E-state index contributed by atoms with van der Waals surface area (Å²) in [5.41, 5.74) is 2.18. The Morgan fingerprint density at radius 1 is 1.40 bits per heavy atom. The van der Waals surface area contributed by atoms with Crippen molar-refractivity contribution in [2.75, 3.05) is 7.05 Å². The number of hydrogen-bond acceptors (Lipinski definition) is 1. The van der Waals surface area contributed by atoms with Gasteiger partial charge >= 0.3 is 0 Å². The molecule has 0 spiro atoms. The molecular formula is C9H15N. The first-order chi connectivity index (χ1) is 4.70. The van der Waals surface area contributed by atoms with Crippen molar-refractivity contribution < 1.29 is 0 Å². The van der Waals surface area contributed by atoms with Crippen LogP contribution in [0.5, 0.6) is 0 Å². The summed E-state index contributed by atoms with van der Waals surface area (Å²) >= 11 is 0. The van der Waals surface area contributed by atoms with Crippen molar-refractivity contribution in [1.29, 1.82) is 0 Å². The maximum atomic E-state index is 3.75. The van der Waals surface area contributed by atoms with E-state index in [2.05, 4.69) is 11.9 Å². The Kier molecular flexibility index (Phi) is 4.38. The SMILES string of the molecule is C=C(C)/C=C\C(=CC)NC. The van der Waals surface area contributed by atoms with Gasteiger partial charge in [0.15, 0.2) is 0 Å². The van der Waals surface area contributed by atoms with E-state index in [0.29, 0.717) is 0 Å². The van der Waals surface area contributed by atoms with Gasteiger partial charge in [-0.25, -0.2) is 0 Å². The fraction of sp³-hybridized carbons (Fsp3) is 0.333. The van der Waals surface area contributed by atoms with Gasteiger partial charge in [-0.2, -0.15) is 0 Å². The largest absolute Gasteiger partial charge is 0.388 e. The van der Waals surface area contributed by atoms with Gasteiger partial charge < -0.3 is 5.32 Å². The first-order valence-corrected chi connectivity index (χ1v) is 3.38. The second kappa shape index (κ2) is 4.86. The van der Waals surface area contributed by atoms with Gasteiger partial charge in [-0.15, -0.1) is 0 Å². The molecule has 0 bridgehead atoms. The van der Waals surface area contributed by atoms with Gasteiger partial charge in [0, 0.05) is 12.7 Å². The Labute approximate surface area is 63.1 Å². The van der Waals surface area contributed by atoms with Crippen molar-refractivity contribution in [2.45, 2.75) is 13.8 Å². The molecule has 0 amide bonds. The Morgan fingerprint density at radius 3 is 2.30 bits per heavy atom. The molecule has 0 rings (SSSR count). The van der Waals surface area contributed by atoms with Crippen LogP contribution in [0.1, 0.15) is 13.8 Å². The number of likely N-dealkylation sites (N-methyl/N-ethyl adjacent to an activating group) is 1. The minimum atomic E-state index is 1.06. The topological polar surface area (TPSA) is 12.0 Å². The van der Waals surface area contributed by atoms with Crippen LogP contribution < -0.4 is 5.32 Å². The molecule has 10 heavy (non-hydrogen) atoms. The molecule has 1 heteroatoms. The molecule has 0 fully saturated rings. The molecule has 0 unspecified atom stereocenters. The summed E-state index contributed by atoms with van der Waals surface area (Å²) in [5.74, 6) is 0. The van der Waals surface area contributed by atoms with E-state index in [4.69, 9.17) is 0 Å². The second-order valence-electron chi connectivity index (χ2n) is 2.17. The fourth-order valence-corrected chi connectivity index (χ4v) is 0.556. The van der Waals surface area contributed by atoms with E-state index in [-0.39, 0.29) is 0 Å². The maximum Gasteiger partial charge on any atom is 0.0294 e. The molecule has 0 heterocycles. The van der Waals surface area contributed by atoms with Crippen LogP contribution in [0.4, 0.5) is 0 Å². The minimum Gasteiger partial charge on any atom is -0.388 e. The molecule has 0 radical (unpaired) electrons. The maximum absolute atomic E-state index is 3.75. The first kappa shape index (κ1) is 9.02. The molecule has 0 aromatic heterocycles. The van der Waals surface area contributed by atoms with Gasteiger partial charge in [-0.1, -0.05) is 24.3 Å². The molecule has 0 aromatic rings. The van der Waals surface area contributed by atoms with Crippen molar-refractivity contribution in [3.05, 3.63) is 36.1 Å². The summed E-state index contributed by atoms with van der Waals surface area (Å²) in [6, 6.07) is 0. The lowest BCUT2D eigenvalue weighted by Crippen LogP contribution is -2.01. The lowest BCUT2D eigenvalue weighted by Gasteiger charge is -1.96. The Bertz CT molecular complexity index is 164. The van der Waals surface area contributed by atoms with E-state index < -0.39 is 0 Å². The van der Waals surface area contributed by atoms with Crippen molar-refractivity contribution in [1.82, 2.24) is 5.32 Å². The number of hydrogen-bond donors (Lipinski definition) is 1. The molecule has 0 aliphatic carbocycles. The van der Waals surface area contributed by atoms with Crippen LogP contribution in [0.3, 0.4) is 0 Å². The van der Waals surface area contributed by atoms with Crippen LogP contribution in [-0.2, 0) is 0 Å². The molecular weight excluding hydrogens is 122 g/mol. The van der Waals surface area contributed by atoms with Gasteiger partial charge in [0.2, 0.25) is 0 Å². The zero-order valence-electron chi connectivity index (χ0n) is 6.94. The van der Waals surface area contributed by atoms with E-state index >= 15 is 0 Å².